The smallest absolute Gasteiger partial charge is 0.325 e. The standard InChI is InChI=1S/C19H27N3O4/c1-4-19(15-5-6-16(25-3)14(2)13-15)17(23)22(18(24)20-19)8-7-21-9-11-26-12-10-21/h5-6,13H,4,7-12H2,1-3H3,(H,20,24). The van der Waals surface area contributed by atoms with Crippen molar-refractivity contribution in [3.63, 3.8) is 0 Å². The lowest BCUT2D eigenvalue weighted by Crippen LogP contribution is -2.45. The number of hydrogen-bond acceptors (Lipinski definition) is 5. The summed E-state index contributed by atoms with van der Waals surface area (Å²) in [7, 11) is 1.62. The number of aryl methyl sites for hydroxylation is 1. The summed E-state index contributed by atoms with van der Waals surface area (Å²) in [5, 5.41) is 2.94. The second-order valence-electron chi connectivity index (χ2n) is 6.78. The minimum atomic E-state index is -1.00. The van der Waals surface area contributed by atoms with Crippen LogP contribution in [0.15, 0.2) is 18.2 Å². The Morgan fingerprint density at radius 3 is 2.58 bits per heavy atom. The number of benzene rings is 1. The van der Waals surface area contributed by atoms with Gasteiger partial charge in [-0.3, -0.25) is 14.6 Å². The summed E-state index contributed by atoms with van der Waals surface area (Å²) in [6.07, 6.45) is 0.497. The zero-order valence-corrected chi connectivity index (χ0v) is 15.7. The van der Waals surface area contributed by atoms with E-state index >= 15 is 0 Å². The molecular formula is C19H27N3O4. The highest BCUT2D eigenvalue weighted by Gasteiger charge is 2.51. The molecular weight excluding hydrogens is 334 g/mol. The maximum atomic E-state index is 13.2. The molecule has 0 bridgehead atoms. The van der Waals surface area contributed by atoms with E-state index in [1.807, 2.05) is 32.0 Å². The summed E-state index contributed by atoms with van der Waals surface area (Å²) in [5.74, 6) is 0.587. The zero-order chi connectivity index (χ0) is 18.7. The normalized spacial score (nSPS) is 24.0. The average Bonchev–Trinajstić information content (AvgIpc) is 2.91. The van der Waals surface area contributed by atoms with Crippen LogP contribution in [0.25, 0.3) is 0 Å². The Labute approximate surface area is 154 Å². The molecule has 1 aromatic rings. The number of morpholine rings is 1. The number of nitrogens with one attached hydrogen (secondary N) is 1. The fourth-order valence-corrected chi connectivity index (χ4v) is 3.68. The first-order valence-corrected chi connectivity index (χ1v) is 9.11. The second kappa shape index (κ2) is 7.63. The van der Waals surface area contributed by atoms with E-state index in [-0.39, 0.29) is 11.9 Å². The number of ether oxygens (including phenoxy) is 2. The number of urea groups is 1. The van der Waals surface area contributed by atoms with Gasteiger partial charge in [-0.2, -0.15) is 0 Å². The SMILES string of the molecule is CCC1(c2ccc(OC)c(C)c2)NC(=O)N(CCN2CCOCC2)C1=O. The van der Waals surface area contributed by atoms with Crippen LogP contribution in [-0.4, -0.2) is 68.2 Å². The van der Waals surface area contributed by atoms with Crippen LogP contribution in [0, 0.1) is 6.92 Å². The Morgan fingerprint density at radius 2 is 1.96 bits per heavy atom. The number of methoxy groups -OCH3 is 1. The van der Waals surface area contributed by atoms with Crippen LogP contribution in [0.3, 0.4) is 0 Å². The molecule has 2 heterocycles. The van der Waals surface area contributed by atoms with Gasteiger partial charge in [-0.05, 0) is 36.6 Å². The molecule has 1 unspecified atom stereocenters. The van der Waals surface area contributed by atoms with Crippen molar-refractivity contribution in [2.75, 3.05) is 46.5 Å². The van der Waals surface area contributed by atoms with Crippen LogP contribution in [0.1, 0.15) is 24.5 Å². The summed E-state index contributed by atoms with van der Waals surface area (Å²) in [5.41, 5.74) is 0.733. The molecule has 0 radical (unpaired) electrons. The highest BCUT2D eigenvalue weighted by atomic mass is 16.5. The summed E-state index contributed by atoms with van der Waals surface area (Å²) >= 11 is 0. The molecule has 3 rings (SSSR count). The number of carbonyl (C=O) groups excluding carboxylic acids is 2. The number of hydrogen-bond donors (Lipinski definition) is 1. The lowest BCUT2D eigenvalue weighted by Gasteiger charge is -2.29. The van der Waals surface area contributed by atoms with Crippen LogP contribution < -0.4 is 10.1 Å². The second-order valence-corrected chi connectivity index (χ2v) is 6.78. The zero-order valence-electron chi connectivity index (χ0n) is 15.7. The molecule has 0 spiro atoms. The molecule has 2 saturated heterocycles. The third-order valence-electron chi connectivity index (χ3n) is 5.34. The highest BCUT2D eigenvalue weighted by Crippen LogP contribution is 2.34. The predicted molar refractivity (Wildman–Crippen MR) is 97.2 cm³/mol. The Morgan fingerprint density at radius 1 is 1.23 bits per heavy atom. The third-order valence-corrected chi connectivity index (χ3v) is 5.34. The Hall–Kier alpha value is -2.12. The molecule has 26 heavy (non-hydrogen) atoms. The van der Waals surface area contributed by atoms with Gasteiger partial charge in [0.05, 0.1) is 20.3 Å². The molecule has 7 heteroatoms. The molecule has 7 nitrogen and oxygen atoms in total. The van der Waals surface area contributed by atoms with Crippen LogP contribution in [-0.2, 0) is 15.1 Å². The van der Waals surface area contributed by atoms with Gasteiger partial charge in [-0.15, -0.1) is 0 Å². The number of carbonyl (C=O) groups is 2. The minimum absolute atomic E-state index is 0.178. The van der Waals surface area contributed by atoms with E-state index < -0.39 is 5.54 Å². The van der Waals surface area contributed by atoms with Crippen LogP contribution in [0.2, 0.25) is 0 Å². The van der Waals surface area contributed by atoms with Crippen molar-refractivity contribution in [1.29, 1.82) is 0 Å². The van der Waals surface area contributed by atoms with E-state index in [9.17, 15) is 9.59 Å². The maximum Gasteiger partial charge on any atom is 0.325 e. The Balaban J connectivity index is 1.79. The first-order valence-electron chi connectivity index (χ1n) is 9.11. The number of amides is 3. The van der Waals surface area contributed by atoms with Gasteiger partial charge in [0.1, 0.15) is 11.3 Å². The quantitative estimate of drug-likeness (QED) is 0.778. The van der Waals surface area contributed by atoms with Gasteiger partial charge >= 0.3 is 6.03 Å². The molecule has 142 valence electrons. The van der Waals surface area contributed by atoms with Gasteiger partial charge in [0.2, 0.25) is 0 Å². The largest absolute Gasteiger partial charge is 0.496 e. The fourth-order valence-electron chi connectivity index (χ4n) is 3.68. The van der Waals surface area contributed by atoms with Crippen molar-refractivity contribution in [2.45, 2.75) is 25.8 Å². The van der Waals surface area contributed by atoms with Gasteiger partial charge in [0.15, 0.2) is 0 Å². The Bertz CT molecular complexity index is 687. The van der Waals surface area contributed by atoms with Crippen molar-refractivity contribution < 1.29 is 19.1 Å². The van der Waals surface area contributed by atoms with Crippen molar-refractivity contribution in [3.05, 3.63) is 29.3 Å². The summed E-state index contributed by atoms with van der Waals surface area (Å²) in [6, 6.07) is 5.31. The van der Waals surface area contributed by atoms with Crippen LogP contribution in [0.5, 0.6) is 5.75 Å². The van der Waals surface area contributed by atoms with Gasteiger partial charge in [-0.25, -0.2) is 4.79 Å². The fraction of sp³-hybridized carbons (Fsp3) is 0.579. The lowest BCUT2D eigenvalue weighted by molar-refractivity contribution is -0.132. The predicted octanol–water partition coefficient (Wildman–Crippen LogP) is 1.49. The van der Waals surface area contributed by atoms with Crippen molar-refractivity contribution in [2.24, 2.45) is 0 Å². The molecule has 0 aromatic heterocycles. The van der Waals surface area contributed by atoms with E-state index in [1.54, 1.807) is 7.11 Å². The van der Waals surface area contributed by atoms with E-state index in [0.29, 0.717) is 32.7 Å². The number of nitrogens with zero attached hydrogens (tertiary/aromatic N) is 2. The monoisotopic (exact) mass is 361 g/mol. The minimum Gasteiger partial charge on any atom is -0.496 e. The van der Waals surface area contributed by atoms with Crippen molar-refractivity contribution in [3.8, 4) is 5.75 Å². The van der Waals surface area contributed by atoms with Crippen molar-refractivity contribution >= 4 is 11.9 Å². The summed E-state index contributed by atoms with van der Waals surface area (Å²) in [4.78, 5) is 29.3. The van der Waals surface area contributed by atoms with Crippen LogP contribution in [0.4, 0.5) is 4.79 Å². The molecule has 1 atom stereocenters. The average molecular weight is 361 g/mol. The van der Waals surface area contributed by atoms with Crippen molar-refractivity contribution in [1.82, 2.24) is 15.1 Å². The number of rotatable bonds is 6. The maximum absolute atomic E-state index is 13.2. The molecule has 1 N–H and O–H groups in total. The third kappa shape index (κ3) is 3.29. The van der Waals surface area contributed by atoms with Crippen LogP contribution >= 0.6 is 0 Å². The van der Waals surface area contributed by atoms with Gasteiger partial charge in [0.25, 0.3) is 5.91 Å². The summed E-state index contributed by atoms with van der Waals surface area (Å²) in [6.45, 7) is 7.98. The summed E-state index contributed by atoms with van der Waals surface area (Å²) < 4.78 is 10.6. The number of imide groups is 1. The van der Waals surface area contributed by atoms with E-state index in [0.717, 1.165) is 30.0 Å². The molecule has 2 fully saturated rings. The molecule has 3 amide bonds. The van der Waals surface area contributed by atoms with E-state index in [1.165, 1.54) is 4.90 Å². The highest BCUT2D eigenvalue weighted by molar-refractivity contribution is 6.07. The molecule has 1 aromatic carbocycles. The molecule has 0 aliphatic carbocycles. The van der Waals surface area contributed by atoms with E-state index in [4.69, 9.17) is 9.47 Å². The molecule has 2 aliphatic rings. The van der Waals surface area contributed by atoms with E-state index in [2.05, 4.69) is 10.2 Å². The topological polar surface area (TPSA) is 71.1 Å². The molecule has 2 aliphatic heterocycles. The first kappa shape index (κ1) is 18.7. The Kier molecular flexibility index (Phi) is 5.48. The molecule has 0 saturated carbocycles. The van der Waals surface area contributed by atoms with Gasteiger partial charge in [-0.1, -0.05) is 13.0 Å². The van der Waals surface area contributed by atoms with Gasteiger partial charge < -0.3 is 14.8 Å². The van der Waals surface area contributed by atoms with Gasteiger partial charge in [0, 0.05) is 26.2 Å². The lowest BCUT2D eigenvalue weighted by atomic mass is 9.86. The first-order chi connectivity index (χ1) is 12.5.